The summed E-state index contributed by atoms with van der Waals surface area (Å²) in [4.78, 5) is 12.1. The summed E-state index contributed by atoms with van der Waals surface area (Å²) in [6, 6.07) is 8.87. The smallest absolute Gasteiger partial charge is 0.326 e. The second-order valence-corrected chi connectivity index (χ2v) is 8.02. The van der Waals surface area contributed by atoms with E-state index in [1.54, 1.807) is 13.0 Å². The Morgan fingerprint density at radius 1 is 1.00 bits per heavy atom. The molecule has 2 aromatic carbocycles. The van der Waals surface area contributed by atoms with Crippen LogP contribution in [0.2, 0.25) is 0 Å². The first kappa shape index (κ1) is 21.6. The van der Waals surface area contributed by atoms with Gasteiger partial charge < -0.3 is 23.7 Å². The van der Waals surface area contributed by atoms with Crippen molar-refractivity contribution in [2.45, 2.75) is 11.8 Å². The predicted molar refractivity (Wildman–Crippen MR) is 108 cm³/mol. The summed E-state index contributed by atoms with van der Waals surface area (Å²) in [6.45, 7) is 1.97. The summed E-state index contributed by atoms with van der Waals surface area (Å²) in [5, 5.41) is 0. The van der Waals surface area contributed by atoms with Crippen molar-refractivity contribution in [3.05, 3.63) is 36.4 Å². The Bertz CT molecular complexity index is 1020. The average Bonchev–Trinajstić information content (AvgIpc) is 2.76. The van der Waals surface area contributed by atoms with Crippen molar-refractivity contribution in [1.29, 1.82) is 0 Å². The summed E-state index contributed by atoms with van der Waals surface area (Å²) in [5.74, 6) is 0.845. The van der Waals surface area contributed by atoms with E-state index in [2.05, 4.69) is 0 Å². The number of hydrogen-bond acceptors (Lipinski definition) is 8. The van der Waals surface area contributed by atoms with Gasteiger partial charge in [0.25, 0.3) is 10.0 Å². The number of methoxy groups -OCH3 is 2. The molecular formula is C20H23NO8S. The second-order valence-electron chi connectivity index (χ2n) is 6.16. The lowest BCUT2D eigenvalue weighted by Crippen LogP contribution is -2.36. The van der Waals surface area contributed by atoms with Crippen LogP contribution in [0, 0.1) is 0 Å². The highest BCUT2D eigenvalue weighted by Crippen LogP contribution is 2.36. The van der Waals surface area contributed by atoms with Gasteiger partial charge in [-0.25, -0.2) is 8.42 Å². The van der Waals surface area contributed by atoms with Crippen molar-refractivity contribution in [2.75, 3.05) is 44.9 Å². The zero-order chi connectivity index (χ0) is 21.7. The summed E-state index contributed by atoms with van der Waals surface area (Å²) < 4.78 is 54.3. The Balaban J connectivity index is 2.06. The minimum Gasteiger partial charge on any atom is -0.493 e. The molecule has 0 unspecified atom stereocenters. The van der Waals surface area contributed by atoms with E-state index in [1.165, 1.54) is 44.6 Å². The Morgan fingerprint density at radius 3 is 2.37 bits per heavy atom. The van der Waals surface area contributed by atoms with E-state index in [0.29, 0.717) is 36.2 Å². The summed E-state index contributed by atoms with van der Waals surface area (Å²) in [6.07, 6.45) is 0. The number of carbonyl (C=O) groups excluding carboxylic acids is 1. The molecule has 30 heavy (non-hydrogen) atoms. The highest BCUT2D eigenvalue weighted by atomic mass is 32.2. The van der Waals surface area contributed by atoms with E-state index in [1.807, 2.05) is 0 Å². The normalized spacial score (nSPS) is 12.8. The molecule has 0 atom stereocenters. The van der Waals surface area contributed by atoms with Crippen LogP contribution < -0.4 is 23.3 Å². The molecule has 0 spiro atoms. The molecule has 0 bridgehead atoms. The van der Waals surface area contributed by atoms with Gasteiger partial charge in [0.05, 0.1) is 31.4 Å². The molecule has 1 heterocycles. The fourth-order valence-corrected chi connectivity index (χ4v) is 4.35. The first-order valence-corrected chi connectivity index (χ1v) is 10.6. The molecule has 9 nitrogen and oxygen atoms in total. The lowest BCUT2D eigenvalue weighted by molar-refractivity contribution is -0.141. The van der Waals surface area contributed by atoms with Crippen LogP contribution in [-0.4, -0.2) is 55.0 Å². The number of nitrogens with zero attached hydrogens (tertiary/aromatic N) is 1. The van der Waals surface area contributed by atoms with Crippen molar-refractivity contribution in [3.63, 3.8) is 0 Å². The first-order valence-electron chi connectivity index (χ1n) is 9.20. The molecule has 0 amide bonds. The van der Waals surface area contributed by atoms with E-state index in [9.17, 15) is 13.2 Å². The van der Waals surface area contributed by atoms with Crippen LogP contribution in [0.5, 0.6) is 23.0 Å². The number of sulfonamides is 1. The number of carbonyl (C=O) groups is 1. The van der Waals surface area contributed by atoms with E-state index in [4.69, 9.17) is 23.7 Å². The van der Waals surface area contributed by atoms with Gasteiger partial charge in [0.1, 0.15) is 19.8 Å². The first-order chi connectivity index (χ1) is 14.4. The minimum absolute atomic E-state index is 0.0502. The molecule has 0 aromatic heterocycles. The van der Waals surface area contributed by atoms with Gasteiger partial charge in [-0.3, -0.25) is 9.10 Å². The van der Waals surface area contributed by atoms with Crippen molar-refractivity contribution in [3.8, 4) is 23.0 Å². The number of benzene rings is 2. The third kappa shape index (κ3) is 4.38. The number of rotatable bonds is 8. The maximum atomic E-state index is 13.5. The molecule has 1 aliphatic heterocycles. The maximum Gasteiger partial charge on any atom is 0.326 e. The van der Waals surface area contributed by atoms with Crippen LogP contribution in [0.4, 0.5) is 5.69 Å². The number of esters is 1. The second kappa shape index (κ2) is 9.12. The molecule has 162 valence electrons. The molecular weight excluding hydrogens is 414 g/mol. The fourth-order valence-electron chi connectivity index (χ4n) is 2.93. The summed E-state index contributed by atoms with van der Waals surface area (Å²) in [5.41, 5.74) is 0.218. The van der Waals surface area contributed by atoms with Gasteiger partial charge >= 0.3 is 5.97 Å². The molecule has 0 aliphatic carbocycles. The quantitative estimate of drug-likeness (QED) is 0.580. The lowest BCUT2D eigenvalue weighted by Gasteiger charge is -2.25. The average molecular weight is 437 g/mol. The predicted octanol–water partition coefficient (Wildman–Crippen LogP) is 2.23. The molecule has 1 aliphatic rings. The van der Waals surface area contributed by atoms with Gasteiger partial charge in [-0.15, -0.1) is 0 Å². The highest BCUT2D eigenvalue weighted by Gasteiger charge is 2.30. The molecule has 0 saturated carbocycles. The number of hydrogen-bond donors (Lipinski definition) is 0. The van der Waals surface area contributed by atoms with Gasteiger partial charge in [-0.05, 0) is 31.2 Å². The third-order valence-corrected chi connectivity index (χ3v) is 6.10. The van der Waals surface area contributed by atoms with Crippen molar-refractivity contribution in [2.24, 2.45) is 0 Å². The Hall–Kier alpha value is -3.14. The third-order valence-electron chi connectivity index (χ3n) is 4.33. The lowest BCUT2D eigenvalue weighted by atomic mass is 10.2. The standard InChI is InChI=1S/C20H23NO8S/c1-4-27-20(22)13-21(14-5-7-16(25-2)18(11-14)26-3)30(23,24)15-6-8-17-19(12-15)29-10-9-28-17/h5-8,11-12H,4,9-10,13H2,1-3H3. The summed E-state index contributed by atoms with van der Waals surface area (Å²) >= 11 is 0. The van der Waals surface area contributed by atoms with Crippen LogP contribution >= 0.6 is 0 Å². The molecule has 3 rings (SSSR count). The van der Waals surface area contributed by atoms with Crippen molar-refractivity contribution < 1.29 is 36.9 Å². The topological polar surface area (TPSA) is 101 Å². The minimum atomic E-state index is -4.14. The number of ether oxygens (including phenoxy) is 5. The Morgan fingerprint density at radius 2 is 1.70 bits per heavy atom. The maximum absolute atomic E-state index is 13.5. The van der Waals surface area contributed by atoms with Gasteiger partial charge in [0.15, 0.2) is 23.0 Å². The van der Waals surface area contributed by atoms with Crippen LogP contribution in [0.3, 0.4) is 0 Å². The van der Waals surface area contributed by atoms with Crippen LogP contribution in [0.25, 0.3) is 0 Å². The van der Waals surface area contributed by atoms with Crippen LogP contribution in [0.1, 0.15) is 6.92 Å². The fraction of sp³-hybridized carbons (Fsp3) is 0.350. The molecule has 0 saturated heterocycles. The van der Waals surface area contributed by atoms with Crippen molar-refractivity contribution in [1.82, 2.24) is 0 Å². The van der Waals surface area contributed by atoms with E-state index < -0.39 is 22.5 Å². The van der Waals surface area contributed by atoms with E-state index >= 15 is 0 Å². The largest absolute Gasteiger partial charge is 0.493 e. The molecule has 0 radical (unpaired) electrons. The number of anilines is 1. The zero-order valence-electron chi connectivity index (χ0n) is 16.9. The van der Waals surface area contributed by atoms with Crippen LogP contribution in [0.15, 0.2) is 41.3 Å². The van der Waals surface area contributed by atoms with E-state index in [-0.39, 0.29) is 17.2 Å². The van der Waals surface area contributed by atoms with Gasteiger partial charge in [0.2, 0.25) is 0 Å². The Labute approximate surface area is 175 Å². The Kier molecular flexibility index (Phi) is 6.56. The molecule has 10 heteroatoms. The molecule has 2 aromatic rings. The van der Waals surface area contributed by atoms with Crippen LogP contribution in [-0.2, 0) is 19.6 Å². The van der Waals surface area contributed by atoms with Gasteiger partial charge in [-0.2, -0.15) is 0 Å². The molecule has 0 fully saturated rings. The monoisotopic (exact) mass is 437 g/mol. The van der Waals surface area contributed by atoms with Gasteiger partial charge in [0, 0.05) is 12.1 Å². The zero-order valence-corrected chi connectivity index (χ0v) is 17.7. The summed E-state index contributed by atoms with van der Waals surface area (Å²) in [7, 11) is -1.24. The number of fused-ring (bicyclic) bond motifs is 1. The highest BCUT2D eigenvalue weighted by molar-refractivity contribution is 7.92. The molecule has 0 N–H and O–H groups in total. The van der Waals surface area contributed by atoms with Gasteiger partial charge in [-0.1, -0.05) is 0 Å². The SMILES string of the molecule is CCOC(=O)CN(c1ccc(OC)c(OC)c1)S(=O)(=O)c1ccc2c(c1)OCCO2. The van der Waals surface area contributed by atoms with Crippen molar-refractivity contribution >= 4 is 21.7 Å². The van der Waals surface area contributed by atoms with E-state index in [0.717, 1.165) is 4.31 Å².